The number of ether oxygens (including phenoxy) is 2. The van der Waals surface area contributed by atoms with Crippen LogP contribution in [0.2, 0.25) is 0 Å². The van der Waals surface area contributed by atoms with Crippen LogP contribution in [0.4, 0.5) is 14.5 Å². The number of hydrogen-bond donors (Lipinski definition) is 0. The zero-order valence-corrected chi connectivity index (χ0v) is 14.6. The molecule has 0 N–H and O–H groups in total. The van der Waals surface area contributed by atoms with Crippen molar-refractivity contribution in [2.75, 3.05) is 6.61 Å². The Morgan fingerprint density at radius 1 is 1.21 bits per heavy atom. The Bertz CT molecular complexity index is 1000. The summed E-state index contributed by atoms with van der Waals surface area (Å²) in [7, 11) is 0. The highest BCUT2D eigenvalue weighted by Gasteiger charge is 2.24. The van der Waals surface area contributed by atoms with Gasteiger partial charge in [0.1, 0.15) is 5.75 Å². The van der Waals surface area contributed by atoms with Crippen LogP contribution in [0.15, 0.2) is 48.5 Å². The number of nitro groups is 1. The van der Waals surface area contributed by atoms with Crippen LogP contribution in [0.1, 0.15) is 25.4 Å². The summed E-state index contributed by atoms with van der Waals surface area (Å²) in [5.41, 5.74) is 0.481. The van der Waals surface area contributed by atoms with Crippen LogP contribution in [0, 0.1) is 10.1 Å². The number of nitrogens with zero attached hydrogens (tertiary/aromatic N) is 3. The lowest BCUT2D eigenvalue weighted by molar-refractivity contribution is -0.384. The number of para-hydroxylation sites is 2. The van der Waals surface area contributed by atoms with Gasteiger partial charge < -0.3 is 9.47 Å². The maximum Gasteiger partial charge on any atom is 0.344 e. The molecule has 0 spiro atoms. The molecule has 8 nitrogen and oxygen atoms in total. The van der Waals surface area contributed by atoms with Gasteiger partial charge in [-0.15, -0.1) is 0 Å². The minimum Gasteiger partial charge on any atom is -0.482 e. The van der Waals surface area contributed by atoms with Crippen LogP contribution in [-0.4, -0.2) is 27.1 Å². The van der Waals surface area contributed by atoms with Crippen LogP contribution < -0.4 is 4.74 Å². The first-order valence-electron chi connectivity index (χ1n) is 8.18. The molecule has 0 aliphatic carbocycles. The number of carbonyl (C=O) groups is 1. The average molecular weight is 391 g/mol. The zero-order valence-electron chi connectivity index (χ0n) is 14.6. The molecule has 10 heteroatoms. The van der Waals surface area contributed by atoms with E-state index in [0.29, 0.717) is 10.1 Å². The number of fused-ring (bicyclic) bond motifs is 1. The van der Waals surface area contributed by atoms with Gasteiger partial charge in [-0.3, -0.25) is 14.7 Å². The molecule has 2 aromatic carbocycles. The molecule has 0 saturated carbocycles. The normalized spacial score (nSPS) is 12.1. The van der Waals surface area contributed by atoms with Gasteiger partial charge in [0, 0.05) is 12.1 Å². The van der Waals surface area contributed by atoms with Crippen molar-refractivity contribution in [2.24, 2.45) is 0 Å². The predicted molar refractivity (Wildman–Crippen MR) is 94.1 cm³/mol. The van der Waals surface area contributed by atoms with Crippen LogP contribution in [0.25, 0.3) is 11.0 Å². The molecule has 0 bridgehead atoms. The van der Waals surface area contributed by atoms with Gasteiger partial charge in [0.25, 0.3) is 5.69 Å². The van der Waals surface area contributed by atoms with E-state index in [1.54, 1.807) is 18.2 Å². The average Bonchev–Trinajstić information content (AvgIpc) is 3.06. The van der Waals surface area contributed by atoms with Gasteiger partial charge >= 0.3 is 12.5 Å². The molecular formula is C18H15F2N3O5. The van der Waals surface area contributed by atoms with E-state index in [2.05, 4.69) is 4.98 Å². The third-order valence-corrected chi connectivity index (χ3v) is 3.89. The number of alkyl halides is 2. The third kappa shape index (κ3) is 4.05. The lowest BCUT2D eigenvalue weighted by Crippen LogP contribution is -2.19. The van der Waals surface area contributed by atoms with Gasteiger partial charge in [-0.05, 0) is 31.2 Å². The number of rotatable bonds is 7. The summed E-state index contributed by atoms with van der Waals surface area (Å²) in [5.74, 6) is -0.645. The largest absolute Gasteiger partial charge is 0.482 e. The van der Waals surface area contributed by atoms with Crippen molar-refractivity contribution in [3.05, 3.63) is 64.5 Å². The van der Waals surface area contributed by atoms with Crippen LogP contribution in [0.3, 0.4) is 0 Å². The summed E-state index contributed by atoms with van der Waals surface area (Å²) < 4.78 is 38.0. The van der Waals surface area contributed by atoms with Gasteiger partial charge in [0.15, 0.2) is 18.5 Å². The SMILES string of the molecule is CC(OC(=O)COc1ccc([N+](=O)[O-])cc1)c1nc2ccccc2n1C(F)F. The van der Waals surface area contributed by atoms with Crippen LogP contribution in [0.5, 0.6) is 5.75 Å². The molecule has 0 amide bonds. The molecule has 0 aliphatic heterocycles. The summed E-state index contributed by atoms with van der Waals surface area (Å²) in [6.07, 6.45) is -1.03. The summed E-state index contributed by atoms with van der Waals surface area (Å²) in [6, 6.07) is 11.5. The first-order valence-corrected chi connectivity index (χ1v) is 8.18. The molecule has 146 valence electrons. The van der Waals surface area contributed by atoms with E-state index in [9.17, 15) is 23.7 Å². The van der Waals surface area contributed by atoms with E-state index in [-0.39, 0.29) is 22.8 Å². The topological polar surface area (TPSA) is 96.5 Å². The monoisotopic (exact) mass is 391 g/mol. The first-order chi connectivity index (χ1) is 13.4. The number of carbonyl (C=O) groups excluding carboxylic acids is 1. The molecule has 1 atom stereocenters. The van der Waals surface area contributed by atoms with Gasteiger partial charge in [-0.2, -0.15) is 8.78 Å². The Balaban J connectivity index is 1.66. The van der Waals surface area contributed by atoms with Crippen molar-refractivity contribution in [2.45, 2.75) is 19.6 Å². The van der Waals surface area contributed by atoms with Crippen molar-refractivity contribution in [1.82, 2.24) is 9.55 Å². The zero-order chi connectivity index (χ0) is 20.3. The minimum absolute atomic E-state index is 0.0834. The van der Waals surface area contributed by atoms with Gasteiger partial charge in [-0.25, -0.2) is 9.78 Å². The van der Waals surface area contributed by atoms with Crippen molar-refractivity contribution in [3.8, 4) is 5.75 Å². The molecule has 0 aliphatic rings. The second kappa shape index (κ2) is 7.99. The Morgan fingerprint density at radius 3 is 2.54 bits per heavy atom. The van der Waals surface area contributed by atoms with Crippen molar-refractivity contribution in [3.63, 3.8) is 0 Å². The number of aromatic nitrogens is 2. The molecule has 1 unspecified atom stereocenters. The molecular weight excluding hydrogens is 376 g/mol. The summed E-state index contributed by atoms with van der Waals surface area (Å²) in [4.78, 5) is 26.2. The van der Waals surface area contributed by atoms with Crippen molar-refractivity contribution >= 4 is 22.7 Å². The number of non-ortho nitro benzene ring substituents is 1. The van der Waals surface area contributed by atoms with Gasteiger partial charge in [0.05, 0.1) is 16.0 Å². The number of nitro benzene ring substituents is 1. The molecule has 0 fully saturated rings. The molecule has 1 heterocycles. The molecule has 28 heavy (non-hydrogen) atoms. The minimum atomic E-state index is -2.85. The molecule has 0 radical (unpaired) electrons. The number of hydrogen-bond acceptors (Lipinski definition) is 6. The Morgan fingerprint density at radius 2 is 1.89 bits per heavy atom. The van der Waals surface area contributed by atoms with Gasteiger partial charge in [0.2, 0.25) is 0 Å². The van der Waals surface area contributed by atoms with E-state index in [0.717, 1.165) is 0 Å². The summed E-state index contributed by atoms with van der Waals surface area (Å²) in [6.45, 7) is -1.90. The maximum absolute atomic E-state index is 13.5. The van der Waals surface area contributed by atoms with E-state index < -0.39 is 30.2 Å². The van der Waals surface area contributed by atoms with E-state index in [1.807, 2.05) is 0 Å². The van der Waals surface area contributed by atoms with Gasteiger partial charge in [-0.1, -0.05) is 12.1 Å². The Hall–Kier alpha value is -3.56. The fraction of sp³-hybridized carbons (Fsp3) is 0.222. The number of benzene rings is 2. The van der Waals surface area contributed by atoms with E-state index >= 15 is 0 Å². The number of halogens is 2. The van der Waals surface area contributed by atoms with Crippen LogP contribution in [-0.2, 0) is 9.53 Å². The van der Waals surface area contributed by atoms with Crippen molar-refractivity contribution < 1.29 is 28.0 Å². The van der Waals surface area contributed by atoms with E-state index in [4.69, 9.17) is 9.47 Å². The standard InChI is InChI=1S/C18H15F2N3O5/c1-11(17-21-14-4-2-3-5-15(14)22(17)18(19)20)28-16(24)10-27-13-8-6-12(7-9-13)23(25)26/h2-9,11,18H,10H2,1H3. The lowest BCUT2D eigenvalue weighted by Gasteiger charge is -2.15. The van der Waals surface area contributed by atoms with E-state index in [1.165, 1.54) is 37.3 Å². The summed E-state index contributed by atoms with van der Waals surface area (Å²) >= 11 is 0. The summed E-state index contributed by atoms with van der Waals surface area (Å²) in [5, 5.41) is 10.6. The Kier molecular flexibility index (Phi) is 5.48. The lowest BCUT2D eigenvalue weighted by atomic mass is 10.3. The van der Waals surface area contributed by atoms with Crippen molar-refractivity contribution in [1.29, 1.82) is 0 Å². The highest BCUT2D eigenvalue weighted by atomic mass is 19.3. The second-order valence-electron chi connectivity index (χ2n) is 5.78. The maximum atomic E-state index is 13.5. The van der Waals surface area contributed by atoms with Crippen LogP contribution >= 0.6 is 0 Å². The quantitative estimate of drug-likeness (QED) is 0.343. The molecule has 1 aromatic heterocycles. The fourth-order valence-corrected chi connectivity index (χ4v) is 2.65. The number of imidazole rings is 1. The predicted octanol–water partition coefficient (Wildman–Crippen LogP) is 4.02. The molecule has 0 saturated heterocycles. The fourth-order valence-electron chi connectivity index (χ4n) is 2.65. The Labute approximate surface area is 157 Å². The highest BCUT2D eigenvalue weighted by molar-refractivity contribution is 5.76. The smallest absolute Gasteiger partial charge is 0.344 e. The highest BCUT2D eigenvalue weighted by Crippen LogP contribution is 2.28. The molecule has 3 rings (SSSR count). The first kappa shape index (κ1) is 19.2. The molecule has 3 aromatic rings. The number of esters is 1. The third-order valence-electron chi connectivity index (χ3n) is 3.89. The second-order valence-corrected chi connectivity index (χ2v) is 5.78.